The minimum Gasteiger partial charge on any atom is -0.478 e. The first kappa shape index (κ1) is 9.40. The molecule has 14 heavy (non-hydrogen) atoms. The monoisotopic (exact) mass is 209 g/mol. The van der Waals surface area contributed by atoms with Crippen molar-refractivity contribution in [3.05, 3.63) is 23.3 Å². The Balaban J connectivity index is 2.58. The van der Waals surface area contributed by atoms with E-state index in [0.29, 0.717) is 11.3 Å². The van der Waals surface area contributed by atoms with Gasteiger partial charge in [-0.15, -0.1) is 11.8 Å². The maximum atomic E-state index is 11.0. The number of anilines is 1. The fourth-order valence-corrected chi connectivity index (χ4v) is 2.79. The third-order valence-electron chi connectivity index (χ3n) is 2.29. The van der Waals surface area contributed by atoms with Gasteiger partial charge in [0.15, 0.2) is 0 Å². The number of benzene rings is 1. The minimum absolute atomic E-state index is 0.368. The molecule has 0 aromatic heterocycles. The molecule has 74 valence electrons. The Labute approximate surface area is 86.3 Å². The van der Waals surface area contributed by atoms with Crippen molar-refractivity contribution in [1.29, 1.82) is 0 Å². The summed E-state index contributed by atoms with van der Waals surface area (Å²) in [6, 6.07) is 3.42. The molecule has 3 nitrogen and oxygen atoms in total. The normalized spacial score (nSPS) is 14.9. The number of fused-ring (bicyclic) bond motifs is 1. The summed E-state index contributed by atoms with van der Waals surface area (Å²) in [5.74, 6) is 0.172. The highest BCUT2D eigenvalue weighted by molar-refractivity contribution is 7.99. The number of nitrogens with two attached hydrogens (primary N) is 1. The zero-order valence-electron chi connectivity index (χ0n) is 7.62. The van der Waals surface area contributed by atoms with Crippen LogP contribution in [0.3, 0.4) is 0 Å². The minimum atomic E-state index is -0.879. The molecule has 1 aliphatic heterocycles. The molecule has 0 aliphatic carbocycles. The summed E-state index contributed by atoms with van der Waals surface area (Å²) in [4.78, 5) is 12.0. The number of aromatic carboxylic acids is 1. The van der Waals surface area contributed by atoms with Crippen molar-refractivity contribution in [3.8, 4) is 0 Å². The van der Waals surface area contributed by atoms with E-state index in [9.17, 15) is 4.79 Å². The van der Waals surface area contributed by atoms with Crippen LogP contribution in [0.5, 0.6) is 0 Å². The lowest BCUT2D eigenvalue weighted by Crippen LogP contribution is -2.09. The van der Waals surface area contributed by atoms with Crippen molar-refractivity contribution < 1.29 is 9.90 Å². The van der Waals surface area contributed by atoms with E-state index in [1.54, 1.807) is 17.8 Å². The van der Waals surface area contributed by atoms with Crippen molar-refractivity contribution >= 4 is 23.4 Å². The van der Waals surface area contributed by atoms with Gasteiger partial charge in [-0.05, 0) is 36.3 Å². The van der Waals surface area contributed by atoms with Crippen LogP contribution in [0.2, 0.25) is 0 Å². The van der Waals surface area contributed by atoms with Gasteiger partial charge in [0, 0.05) is 10.6 Å². The van der Waals surface area contributed by atoms with Gasteiger partial charge in [0.25, 0.3) is 0 Å². The molecule has 0 amide bonds. The summed E-state index contributed by atoms with van der Waals surface area (Å²) in [5.41, 5.74) is 7.50. The summed E-state index contributed by atoms with van der Waals surface area (Å²) < 4.78 is 0. The Morgan fingerprint density at radius 1 is 1.50 bits per heavy atom. The molecule has 0 spiro atoms. The van der Waals surface area contributed by atoms with E-state index < -0.39 is 5.97 Å². The van der Waals surface area contributed by atoms with Crippen molar-refractivity contribution in [2.24, 2.45) is 0 Å². The molecule has 3 N–H and O–H groups in total. The SMILES string of the molecule is Nc1cc2c(c(C(=O)O)c1)CCCS2. The predicted molar refractivity (Wildman–Crippen MR) is 56.9 cm³/mol. The number of hydrogen-bond acceptors (Lipinski definition) is 3. The quantitative estimate of drug-likeness (QED) is 0.694. The number of carbonyl (C=O) groups is 1. The molecule has 0 fully saturated rings. The van der Waals surface area contributed by atoms with Crippen LogP contribution in [0, 0.1) is 0 Å². The Hall–Kier alpha value is -1.16. The molecule has 4 heteroatoms. The fourth-order valence-electron chi connectivity index (χ4n) is 1.68. The third kappa shape index (κ3) is 1.57. The lowest BCUT2D eigenvalue weighted by Gasteiger charge is -2.17. The van der Waals surface area contributed by atoms with Gasteiger partial charge in [-0.25, -0.2) is 4.79 Å². The van der Waals surface area contributed by atoms with Crippen LogP contribution in [0.1, 0.15) is 22.3 Å². The molecule has 1 aromatic carbocycles. The van der Waals surface area contributed by atoms with Gasteiger partial charge >= 0.3 is 5.97 Å². The van der Waals surface area contributed by atoms with Crippen molar-refractivity contribution in [3.63, 3.8) is 0 Å². The van der Waals surface area contributed by atoms with E-state index in [-0.39, 0.29) is 0 Å². The lowest BCUT2D eigenvalue weighted by atomic mass is 10.0. The topological polar surface area (TPSA) is 63.3 Å². The van der Waals surface area contributed by atoms with Crippen LogP contribution in [-0.4, -0.2) is 16.8 Å². The highest BCUT2D eigenvalue weighted by Crippen LogP contribution is 2.34. The summed E-state index contributed by atoms with van der Waals surface area (Å²) in [6.45, 7) is 0. The first-order chi connectivity index (χ1) is 6.68. The predicted octanol–water partition coefficient (Wildman–Crippen LogP) is 2.01. The molecule has 2 rings (SSSR count). The molecular formula is C10H11NO2S. The van der Waals surface area contributed by atoms with E-state index in [0.717, 1.165) is 29.1 Å². The Morgan fingerprint density at radius 2 is 2.29 bits per heavy atom. The van der Waals surface area contributed by atoms with Gasteiger partial charge in [-0.1, -0.05) is 0 Å². The molecule has 1 heterocycles. The standard InChI is InChI=1S/C10H11NO2S/c11-6-4-8(10(12)13)7-2-1-3-14-9(7)5-6/h4-5H,1-3,11H2,(H,12,13). The zero-order chi connectivity index (χ0) is 10.1. The fraction of sp³-hybridized carbons (Fsp3) is 0.300. The smallest absolute Gasteiger partial charge is 0.336 e. The average Bonchev–Trinajstić information content (AvgIpc) is 2.16. The van der Waals surface area contributed by atoms with Crippen LogP contribution >= 0.6 is 11.8 Å². The molecule has 1 aliphatic rings. The number of hydrogen-bond donors (Lipinski definition) is 2. The van der Waals surface area contributed by atoms with Crippen molar-refractivity contribution in [2.45, 2.75) is 17.7 Å². The highest BCUT2D eigenvalue weighted by Gasteiger charge is 2.18. The van der Waals surface area contributed by atoms with Crippen LogP contribution in [0.25, 0.3) is 0 Å². The van der Waals surface area contributed by atoms with Crippen LogP contribution < -0.4 is 5.73 Å². The van der Waals surface area contributed by atoms with Crippen LogP contribution in [0.4, 0.5) is 5.69 Å². The second-order valence-corrected chi connectivity index (χ2v) is 4.44. The third-order valence-corrected chi connectivity index (χ3v) is 3.46. The van der Waals surface area contributed by atoms with E-state index in [1.807, 2.05) is 6.07 Å². The molecule has 0 radical (unpaired) electrons. The molecule has 1 aromatic rings. The summed E-state index contributed by atoms with van der Waals surface area (Å²) >= 11 is 1.69. The van der Waals surface area contributed by atoms with Gasteiger partial charge in [-0.3, -0.25) is 0 Å². The number of thioether (sulfide) groups is 1. The first-order valence-electron chi connectivity index (χ1n) is 4.47. The number of nitrogen functional groups attached to an aromatic ring is 1. The average molecular weight is 209 g/mol. The number of carboxylic acid groups (broad SMARTS) is 1. The second kappa shape index (κ2) is 3.53. The van der Waals surface area contributed by atoms with E-state index >= 15 is 0 Å². The van der Waals surface area contributed by atoms with Gasteiger partial charge < -0.3 is 10.8 Å². The molecule has 0 bridgehead atoms. The van der Waals surface area contributed by atoms with Gasteiger partial charge in [0.1, 0.15) is 0 Å². The molecule has 0 saturated carbocycles. The van der Waals surface area contributed by atoms with Crippen molar-refractivity contribution in [1.82, 2.24) is 0 Å². The lowest BCUT2D eigenvalue weighted by molar-refractivity contribution is 0.0695. The van der Waals surface area contributed by atoms with Crippen LogP contribution in [-0.2, 0) is 6.42 Å². The van der Waals surface area contributed by atoms with E-state index in [4.69, 9.17) is 10.8 Å². The second-order valence-electron chi connectivity index (χ2n) is 3.30. The number of rotatable bonds is 1. The summed E-state index contributed by atoms with van der Waals surface area (Å²) in [5, 5.41) is 9.00. The van der Waals surface area contributed by atoms with Gasteiger partial charge in [0.05, 0.1) is 5.56 Å². The molecular weight excluding hydrogens is 198 g/mol. The number of carboxylic acids is 1. The maximum absolute atomic E-state index is 11.0. The van der Waals surface area contributed by atoms with Crippen molar-refractivity contribution in [2.75, 3.05) is 11.5 Å². The maximum Gasteiger partial charge on any atom is 0.336 e. The Kier molecular flexibility index (Phi) is 2.37. The summed E-state index contributed by atoms with van der Waals surface area (Å²) in [7, 11) is 0. The Bertz CT molecular complexity index is 390. The van der Waals surface area contributed by atoms with Gasteiger partial charge in [0.2, 0.25) is 0 Å². The van der Waals surface area contributed by atoms with E-state index in [1.165, 1.54) is 0 Å². The largest absolute Gasteiger partial charge is 0.478 e. The zero-order valence-corrected chi connectivity index (χ0v) is 8.43. The summed E-state index contributed by atoms with van der Waals surface area (Å²) in [6.07, 6.45) is 1.89. The molecule has 0 atom stereocenters. The molecule has 0 saturated heterocycles. The molecule has 0 unspecified atom stereocenters. The van der Waals surface area contributed by atoms with Crippen LogP contribution in [0.15, 0.2) is 17.0 Å². The first-order valence-corrected chi connectivity index (χ1v) is 5.45. The highest BCUT2D eigenvalue weighted by atomic mass is 32.2. The Morgan fingerprint density at radius 3 is 3.00 bits per heavy atom. The van der Waals surface area contributed by atoms with Gasteiger partial charge in [-0.2, -0.15) is 0 Å². The van der Waals surface area contributed by atoms with E-state index in [2.05, 4.69) is 0 Å².